The van der Waals surface area contributed by atoms with E-state index in [1.165, 1.54) is 19.1 Å². The van der Waals surface area contributed by atoms with E-state index in [0.29, 0.717) is 43.1 Å². The fraction of sp³-hybridized carbons (Fsp3) is 0.0909. The first-order valence-corrected chi connectivity index (χ1v) is 13.0. The molecule has 0 saturated carbocycles. The zero-order valence-corrected chi connectivity index (χ0v) is 21.7. The molecule has 0 bridgehead atoms. The monoisotopic (exact) mass is 542 g/mol. The zero-order chi connectivity index (χ0) is 28.7. The first kappa shape index (κ1) is 22.3. The SMILES string of the molecule is Cc1c(O)c2c(=O)c3c(O)cc4c(C)c(C)c5cc(O)c6c(=O)c7c(O)cc(O)c8c(c1O)c2c1c3c4c5c6c1c78. The number of fused-ring (bicyclic) bond motifs is 1. The minimum Gasteiger partial charge on any atom is -0.507 e. The maximum absolute atomic E-state index is 14.2. The van der Waals surface area contributed by atoms with E-state index in [4.69, 9.17) is 0 Å². The van der Waals surface area contributed by atoms with Crippen LogP contribution in [0.15, 0.2) is 27.8 Å². The van der Waals surface area contributed by atoms with E-state index in [2.05, 4.69) is 0 Å². The molecule has 0 aliphatic rings. The van der Waals surface area contributed by atoms with Crippen LogP contribution in [0.3, 0.4) is 0 Å². The summed E-state index contributed by atoms with van der Waals surface area (Å²) in [5, 5.41) is 71.6. The van der Waals surface area contributed by atoms with Crippen molar-refractivity contribution in [3.63, 3.8) is 0 Å². The second-order valence-electron chi connectivity index (χ2n) is 11.3. The number of benzene rings is 9. The molecule has 0 atom stereocenters. The summed E-state index contributed by atoms with van der Waals surface area (Å²) >= 11 is 0. The van der Waals surface area contributed by atoms with Crippen LogP contribution in [0, 0.1) is 20.8 Å². The third-order valence-electron chi connectivity index (χ3n) is 9.61. The van der Waals surface area contributed by atoms with Crippen LogP contribution in [0.1, 0.15) is 16.7 Å². The van der Waals surface area contributed by atoms with Gasteiger partial charge in [0.05, 0.1) is 21.5 Å². The summed E-state index contributed by atoms with van der Waals surface area (Å²) < 4.78 is 0. The van der Waals surface area contributed by atoms with Gasteiger partial charge in [-0.05, 0) is 65.6 Å². The highest BCUT2D eigenvalue weighted by molar-refractivity contribution is 6.53. The smallest absolute Gasteiger partial charge is 0.201 e. The van der Waals surface area contributed by atoms with Gasteiger partial charge < -0.3 is 30.6 Å². The lowest BCUT2D eigenvalue weighted by molar-refractivity contribution is 0.450. The maximum atomic E-state index is 14.2. The second-order valence-corrected chi connectivity index (χ2v) is 11.3. The topological polar surface area (TPSA) is 156 Å². The Morgan fingerprint density at radius 3 is 1.22 bits per heavy atom. The van der Waals surface area contributed by atoms with E-state index in [9.17, 15) is 40.2 Å². The van der Waals surface area contributed by atoms with Crippen molar-refractivity contribution >= 4 is 86.2 Å². The number of aryl methyl sites for hydroxylation is 2. The van der Waals surface area contributed by atoms with Crippen molar-refractivity contribution < 1.29 is 30.6 Å². The quantitative estimate of drug-likeness (QED) is 0.101. The molecule has 0 amide bonds. The number of aromatic hydroxyl groups is 6. The van der Waals surface area contributed by atoms with Crippen molar-refractivity contribution in [2.45, 2.75) is 20.8 Å². The third-order valence-corrected chi connectivity index (χ3v) is 9.61. The summed E-state index contributed by atoms with van der Waals surface area (Å²) in [5.41, 5.74) is 0.277. The number of hydrogen-bond acceptors (Lipinski definition) is 8. The molecule has 0 unspecified atom stereocenters. The van der Waals surface area contributed by atoms with Gasteiger partial charge in [-0.1, -0.05) is 0 Å². The van der Waals surface area contributed by atoms with E-state index in [-0.39, 0.29) is 60.2 Å². The van der Waals surface area contributed by atoms with Crippen LogP contribution in [0.4, 0.5) is 0 Å². The van der Waals surface area contributed by atoms with E-state index < -0.39 is 33.9 Å². The van der Waals surface area contributed by atoms with Gasteiger partial charge in [0.25, 0.3) is 0 Å². The summed E-state index contributed by atoms with van der Waals surface area (Å²) in [5.74, 6) is -2.39. The van der Waals surface area contributed by atoms with Crippen LogP contribution < -0.4 is 10.9 Å². The van der Waals surface area contributed by atoms with Crippen molar-refractivity contribution in [2.75, 3.05) is 0 Å². The Balaban J connectivity index is 1.93. The van der Waals surface area contributed by atoms with Gasteiger partial charge in [-0.25, -0.2) is 0 Å². The molecule has 0 spiro atoms. The summed E-state index contributed by atoms with van der Waals surface area (Å²) in [6.07, 6.45) is 0. The van der Waals surface area contributed by atoms with Gasteiger partial charge in [0.15, 0.2) is 0 Å². The third kappa shape index (κ3) is 2.01. The van der Waals surface area contributed by atoms with Gasteiger partial charge in [0.1, 0.15) is 34.5 Å². The lowest BCUT2D eigenvalue weighted by atomic mass is 9.76. The van der Waals surface area contributed by atoms with Crippen LogP contribution in [0.25, 0.3) is 86.2 Å². The van der Waals surface area contributed by atoms with Crippen LogP contribution >= 0.6 is 0 Å². The molecule has 9 rings (SSSR count). The number of hydrogen-bond donors (Lipinski definition) is 6. The normalized spacial score (nSPS) is 13.0. The van der Waals surface area contributed by atoms with Gasteiger partial charge >= 0.3 is 0 Å². The summed E-state index contributed by atoms with van der Waals surface area (Å²) in [6.45, 7) is 5.17. The molecule has 6 N–H and O–H groups in total. The predicted molar refractivity (Wildman–Crippen MR) is 159 cm³/mol. The van der Waals surface area contributed by atoms with Crippen LogP contribution in [0.5, 0.6) is 34.5 Å². The molecule has 0 aromatic heterocycles. The average Bonchev–Trinajstić information content (AvgIpc) is 2.92. The van der Waals surface area contributed by atoms with Crippen molar-refractivity contribution in [1.29, 1.82) is 0 Å². The van der Waals surface area contributed by atoms with Crippen LogP contribution in [-0.2, 0) is 0 Å². The van der Waals surface area contributed by atoms with E-state index in [0.717, 1.165) is 17.2 Å². The molecule has 8 nitrogen and oxygen atoms in total. The lowest BCUT2D eigenvalue weighted by Gasteiger charge is -2.26. The number of rotatable bonds is 0. The highest BCUT2D eigenvalue weighted by Crippen LogP contribution is 2.58. The minimum atomic E-state index is -0.656. The Bertz CT molecular complexity index is 2810. The summed E-state index contributed by atoms with van der Waals surface area (Å²) in [7, 11) is 0. The van der Waals surface area contributed by atoms with Gasteiger partial charge in [-0.3, -0.25) is 9.59 Å². The summed E-state index contributed by atoms with van der Waals surface area (Å²) in [4.78, 5) is 28.3. The molecule has 0 radical (unpaired) electrons. The fourth-order valence-electron chi connectivity index (χ4n) is 7.76. The fourth-order valence-corrected chi connectivity index (χ4v) is 7.76. The number of phenolic OH excluding ortho intramolecular Hbond substituents is 6. The zero-order valence-electron chi connectivity index (χ0n) is 21.7. The Morgan fingerprint density at radius 1 is 0.366 bits per heavy atom. The van der Waals surface area contributed by atoms with Crippen molar-refractivity contribution in [1.82, 2.24) is 0 Å². The second kappa shape index (κ2) is 6.28. The van der Waals surface area contributed by atoms with Gasteiger partial charge in [0.2, 0.25) is 10.9 Å². The van der Waals surface area contributed by atoms with Crippen molar-refractivity contribution in [3.8, 4) is 34.5 Å². The molecule has 8 heteroatoms. The predicted octanol–water partition coefficient (Wildman–Crippen LogP) is 5.98. The average molecular weight is 542 g/mol. The van der Waals surface area contributed by atoms with Gasteiger partial charge in [-0.15, -0.1) is 0 Å². The maximum Gasteiger partial charge on any atom is 0.201 e. The molecular weight excluding hydrogens is 524 g/mol. The van der Waals surface area contributed by atoms with E-state index >= 15 is 0 Å². The Morgan fingerprint density at radius 2 is 0.707 bits per heavy atom. The Hall–Kier alpha value is -5.50. The van der Waals surface area contributed by atoms with E-state index in [1.807, 2.05) is 13.8 Å². The van der Waals surface area contributed by atoms with Crippen molar-refractivity contribution in [3.05, 3.63) is 55.3 Å². The molecule has 0 aliphatic carbocycles. The van der Waals surface area contributed by atoms with Crippen LogP contribution in [-0.4, -0.2) is 30.6 Å². The van der Waals surface area contributed by atoms with Crippen molar-refractivity contribution in [2.24, 2.45) is 0 Å². The first-order chi connectivity index (χ1) is 19.5. The lowest BCUT2D eigenvalue weighted by Crippen LogP contribution is -2.11. The largest absolute Gasteiger partial charge is 0.507 e. The first-order valence-electron chi connectivity index (χ1n) is 13.0. The highest BCUT2D eigenvalue weighted by Gasteiger charge is 2.34. The Labute approximate surface area is 227 Å². The molecule has 0 aliphatic heterocycles. The molecule has 9 aromatic rings. The standard InChI is InChI=1S/C33H18O8/c1-7-8(2)11-5-13(35)20-23-17(11)16-10(7)4-12(34)19-22(16)25-24-18(14(36)6-15(37)21(24)32(19)40)28-27(26(23)25)29(33(20)41)31(39)9(3)30(28)38/h4-6,34-39H,1-3H3. The number of phenols is 6. The van der Waals surface area contributed by atoms with Crippen LogP contribution in [0.2, 0.25) is 0 Å². The molecule has 198 valence electrons. The molecule has 0 fully saturated rings. The van der Waals surface area contributed by atoms with E-state index in [1.54, 1.807) is 0 Å². The molecule has 9 aromatic carbocycles. The highest BCUT2D eigenvalue weighted by atomic mass is 16.3. The minimum absolute atomic E-state index is 0.0216. The van der Waals surface area contributed by atoms with Gasteiger partial charge in [0, 0.05) is 54.7 Å². The summed E-state index contributed by atoms with van der Waals surface area (Å²) in [6, 6.07) is 4.02. The Kier molecular flexibility index (Phi) is 3.42. The van der Waals surface area contributed by atoms with Gasteiger partial charge in [-0.2, -0.15) is 0 Å². The molecule has 0 saturated heterocycles. The molecule has 0 heterocycles. The molecule has 41 heavy (non-hydrogen) atoms. The molecular formula is C33H18O8.